The lowest BCUT2D eigenvalue weighted by Crippen LogP contribution is -2.45. The third-order valence-electron chi connectivity index (χ3n) is 15.6. The molecule has 6 heteroatoms. The molecule has 76 heavy (non-hydrogen) atoms. The summed E-state index contributed by atoms with van der Waals surface area (Å²) in [6.45, 7) is 4.84. The molecule has 1 amide bonds. The van der Waals surface area contributed by atoms with E-state index in [9.17, 15) is 19.8 Å². The molecule has 3 N–H and O–H groups in total. The molecule has 446 valence electrons. The van der Waals surface area contributed by atoms with Crippen molar-refractivity contribution in [3.8, 4) is 0 Å². The van der Waals surface area contributed by atoms with Crippen molar-refractivity contribution in [1.82, 2.24) is 5.32 Å². The minimum absolute atomic E-state index is 0.0372. The zero-order valence-corrected chi connectivity index (χ0v) is 51.0. The van der Waals surface area contributed by atoms with Gasteiger partial charge in [0, 0.05) is 12.8 Å². The summed E-state index contributed by atoms with van der Waals surface area (Å²) < 4.78 is 5.44. The number of aliphatic hydroxyl groups is 2. The van der Waals surface area contributed by atoms with Crippen LogP contribution in [-0.4, -0.2) is 47.4 Å². The topological polar surface area (TPSA) is 95.9 Å². The number of rotatable bonds is 63. The first kappa shape index (κ1) is 73.8. The highest BCUT2D eigenvalue weighted by atomic mass is 16.5. The zero-order chi connectivity index (χ0) is 55.0. The van der Waals surface area contributed by atoms with Crippen molar-refractivity contribution in [3.63, 3.8) is 0 Å². The van der Waals surface area contributed by atoms with Crippen LogP contribution in [0, 0.1) is 0 Å². The molecule has 6 nitrogen and oxygen atoms in total. The highest BCUT2D eigenvalue weighted by Gasteiger charge is 2.20. The van der Waals surface area contributed by atoms with Crippen LogP contribution in [0.3, 0.4) is 0 Å². The Kier molecular flexibility index (Phi) is 63.5. The largest absolute Gasteiger partial charge is 0.465 e. The summed E-state index contributed by atoms with van der Waals surface area (Å²) in [4.78, 5) is 24.6. The van der Waals surface area contributed by atoms with Crippen molar-refractivity contribution in [2.75, 3.05) is 13.2 Å². The maximum Gasteiger partial charge on any atom is 0.305 e. The van der Waals surface area contributed by atoms with Crippen LogP contribution in [0.5, 0.6) is 0 Å². The van der Waals surface area contributed by atoms with E-state index in [4.69, 9.17) is 4.74 Å². The number of carbonyl (C=O) groups excluding carboxylic acids is 2. The van der Waals surface area contributed by atoms with E-state index >= 15 is 0 Å². The summed E-state index contributed by atoms with van der Waals surface area (Å²) in [6, 6.07) is -0.547. The highest BCUT2D eigenvalue weighted by Crippen LogP contribution is 2.18. The van der Waals surface area contributed by atoms with Crippen LogP contribution in [0.1, 0.15) is 361 Å². The Morgan fingerprint density at radius 3 is 1.03 bits per heavy atom. The van der Waals surface area contributed by atoms with Gasteiger partial charge in [-0.05, 0) is 77.0 Å². The molecule has 2 atom stereocenters. The van der Waals surface area contributed by atoms with Crippen LogP contribution in [0.4, 0.5) is 0 Å². The second-order valence-corrected chi connectivity index (χ2v) is 23.1. The lowest BCUT2D eigenvalue weighted by atomic mass is 10.0. The molecular formula is C70H131NO5. The predicted octanol–water partition coefficient (Wildman–Crippen LogP) is 21.7. The molecule has 0 aliphatic heterocycles. The number of unbranched alkanes of at least 4 members (excludes halogenated alkanes) is 44. The van der Waals surface area contributed by atoms with Crippen molar-refractivity contribution < 1.29 is 24.5 Å². The molecule has 0 bridgehead atoms. The van der Waals surface area contributed by atoms with Crippen molar-refractivity contribution in [2.24, 2.45) is 0 Å². The standard InChI is InChI=1S/C70H131NO5/c1-3-5-7-9-11-13-15-17-19-21-26-30-34-38-42-46-50-54-58-62-68(73)67(66-72)71-69(74)63-59-55-51-47-43-39-35-31-28-24-23-25-29-33-37-41-45-49-53-57-61-65-76-70(75)64-60-56-52-48-44-40-36-32-27-22-20-18-16-14-12-10-8-6-4-2/h12,14,18,20,41,45,53,57,67-68,72-73H,3-11,13,15-17,19,21-40,42-44,46-52,54-56,58-66H2,1-2H3,(H,71,74)/b14-12-,20-18-,45-41-,57-53-. The van der Waals surface area contributed by atoms with Gasteiger partial charge in [-0.15, -0.1) is 0 Å². The van der Waals surface area contributed by atoms with Gasteiger partial charge in [-0.1, -0.05) is 319 Å². The molecule has 0 aliphatic carbocycles. The molecule has 0 aliphatic rings. The Bertz CT molecular complexity index is 1270. The van der Waals surface area contributed by atoms with E-state index in [1.807, 2.05) is 0 Å². The molecule has 0 aromatic rings. The van der Waals surface area contributed by atoms with Gasteiger partial charge in [-0.25, -0.2) is 0 Å². The summed E-state index contributed by atoms with van der Waals surface area (Å²) in [5.41, 5.74) is 0. The van der Waals surface area contributed by atoms with Crippen LogP contribution in [0.15, 0.2) is 48.6 Å². The quantitative estimate of drug-likeness (QED) is 0.0320. The van der Waals surface area contributed by atoms with Crippen LogP contribution in [0.25, 0.3) is 0 Å². The molecule has 0 rings (SSSR count). The van der Waals surface area contributed by atoms with E-state index in [2.05, 4.69) is 67.8 Å². The van der Waals surface area contributed by atoms with E-state index < -0.39 is 12.1 Å². The summed E-state index contributed by atoms with van der Waals surface area (Å²) in [6.07, 6.45) is 84.4. The Morgan fingerprint density at radius 1 is 0.368 bits per heavy atom. The lowest BCUT2D eigenvalue weighted by molar-refractivity contribution is -0.143. The van der Waals surface area contributed by atoms with Gasteiger partial charge in [0.25, 0.3) is 0 Å². The second-order valence-electron chi connectivity index (χ2n) is 23.1. The maximum atomic E-state index is 12.5. The van der Waals surface area contributed by atoms with E-state index in [-0.39, 0.29) is 18.5 Å². The van der Waals surface area contributed by atoms with Crippen molar-refractivity contribution in [3.05, 3.63) is 48.6 Å². The zero-order valence-electron chi connectivity index (χ0n) is 51.0. The number of amides is 1. The van der Waals surface area contributed by atoms with Crippen LogP contribution < -0.4 is 5.32 Å². The van der Waals surface area contributed by atoms with Gasteiger partial charge in [-0.2, -0.15) is 0 Å². The average Bonchev–Trinajstić information content (AvgIpc) is 3.42. The number of hydrogen-bond acceptors (Lipinski definition) is 5. The molecule has 0 saturated heterocycles. The number of aliphatic hydroxyl groups excluding tert-OH is 2. The van der Waals surface area contributed by atoms with Crippen molar-refractivity contribution >= 4 is 11.9 Å². The smallest absolute Gasteiger partial charge is 0.305 e. The molecule has 0 aromatic heterocycles. The van der Waals surface area contributed by atoms with Gasteiger partial charge >= 0.3 is 5.97 Å². The Balaban J connectivity index is 3.45. The van der Waals surface area contributed by atoms with E-state index in [1.165, 1.54) is 270 Å². The molecule has 0 fully saturated rings. The monoisotopic (exact) mass is 1070 g/mol. The summed E-state index contributed by atoms with van der Waals surface area (Å²) in [5.74, 6) is -0.0758. The number of esters is 1. The van der Waals surface area contributed by atoms with Gasteiger partial charge in [0.05, 0.1) is 25.4 Å². The SMILES string of the molecule is CCCCC/C=C\C/C=C\CCCCCCCCCCCC(=O)OCC/C=C\C/C=C\CCCCCCCCCCCCCCCCC(=O)NC(CO)C(O)CCCCCCCCCCCCCCCCCCCCC. The molecule has 0 radical (unpaired) electrons. The Labute approximate surface area is 474 Å². The van der Waals surface area contributed by atoms with Gasteiger partial charge in [0.15, 0.2) is 0 Å². The number of allylic oxidation sites excluding steroid dienone is 7. The normalized spacial score (nSPS) is 12.8. The van der Waals surface area contributed by atoms with E-state index in [0.29, 0.717) is 25.9 Å². The number of hydrogen-bond donors (Lipinski definition) is 3. The third-order valence-corrected chi connectivity index (χ3v) is 15.6. The molecular weight excluding hydrogens is 935 g/mol. The van der Waals surface area contributed by atoms with Gasteiger partial charge in [-0.3, -0.25) is 9.59 Å². The molecule has 0 saturated carbocycles. The van der Waals surface area contributed by atoms with Crippen LogP contribution in [0.2, 0.25) is 0 Å². The lowest BCUT2D eigenvalue weighted by Gasteiger charge is -2.22. The van der Waals surface area contributed by atoms with Gasteiger partial charge < -0.3 is 20.3 Å². The first-order valence-electron chi connectivity index (χ1n) is 33.9. The minimum atomic E-state index is -0.670. The fourth-order valence-corrected chi connectivity index (χ4v) is 10.5. The fraction of sp³-hybridized carbons (Fsp3) is 0.857. The second kappa shape index (κ2) is 65.3. The maximum absolute atomic E-state index is 12.5. The molecule has 0 aromatic carbocycles. The molecule has 2 unspecified atom stereocenters. The minimum Gasteiger partial charge on any atom is -0.465 e. The number of carbonyl (C=O) groups is 2. The summed E-state index contributed by atoms with van der Waals surface area (Å²) in [5, 5.41) is 23.4. The van der Waals surface area contributed by atoms with Crippen LogP contribution >= 0.6 is 0 Å². The Morgan fingerprint density at radius 2 is 0.658 bits per heavy atom. The van der Waals surface area contributed by atoms with Gasteiger partial charge in [0.2, 0.25) is 5.91 Å². The van der Waals surface area contributed by atoms with Crippen LogP contribution in [-0.2, 0) is 14.3 Å². The number of ether oxygens (including phenoxy) is 1. The highest BCUT2D eigenvalue weighted by molar-refractivity contribution is 5.76. The fourth-order valence-electron chi connectivity index (χ4n) is 10.5. The summed E-state index contributed by atoms with van der Waals surface area (Å²) in [7, 11) is 0. The predicted molar refractivity (Wildman–Crippen MR) is 333 cm³/mol. The van der Waals surface area contributed by atoms with Gasteiger partial charge in [0.1, 0.15) is 0 Å². The number of nitrogens with one attached hydrogen (secondary N) is 1. The molecule has 0 spiro atoms. The summed E-state index contributed by atoms with van der Waals surface area (Å²) >= 11 is 0. The first-order valence-corrected chi connectivity index (χ1v) is 33.9. The average molecular weight is 1070 g/mol. The van der Waals surface area contributed by atoms with E-state index in [1.54, 1.807) is 0 Å². The third kappa shape index (κ3) is 61.0. The molecule has 0 heterocycles. The van der Waals surface area contributed by atoms with E-state index in [0.717, 1.165) is 57.8 Å². The van der Waals surface area contributed by atoms with Crippen molar-refractivity contribution in [2.45, 2.75) is 373 Å². The first-order chi connectivity index (χ1) is 37.5. The van der Waals surface area contributed by atoms with Crippen molar-refractivity contribution in [1.29, 1.82) is 0 Å². The Hall–Kier alpha value is -2.18.